The molecule has 0 bridgehead atoms. The topological polar surface area (TPSA) is 75.0 Å². The molecule has 0 aliphatic carbocycles. The number of hydrogen-bond donors (Lipinski definition) is 1. The fourth-order valence-corrected chi connectivity index (χ4v) is 2.84. The quantitative estimate of drug-likeness (QED) is 0.865. The van der Waals surface area contributed by atoms with Crippen LogP contribution in [0, 0.1) is 11.3 Å². The van der Waals surface area contributed by atoms with Crippen molar-refractivity contribution in [2.24, 2.45) is 0 Å². The second-order valence-electron chi connectivity index (χ2n) is 5.56. The number of pyridine rings is 1. The smallest absolute Gasteiger partial charge is 0.168 e. The van der Waals surface area contributed by atoms with Crippen molar-refractivity contribution in [1.29, 1.82) is 5.26 Å². The first kappa shape index (κ1) is 16.6. The zero-order valence-electron chi connectivity index (χ0n) is 13.0. The van der Waals surface area contributed by atoms with E-state index < -0.39 is 0 Å². The predicted molar refractivity (Wildman–Crippen MR) is 90.0 cm³/mol. The Balaban J connectivity index is 1.72. The lowest BCUT2D eigenvalue weighted by Gasteiger charge is -2.24. The molecule has 1 aromatic carbocycles. The Morgan fingerprint density at radius 3 is 2.92 bits per heavy atom. The molecule has 1 N–H and O–H groups in total. The number of nitrogens with zero attached hydrogens (tertiary/aromatic N) is 2. The standard InChI is InChI=1S/C18H16ClN3O2/c19-16-7-13(18-11-21-5-6-24-18)2-1-12(16)8-17(23)14-3-4-15(9-20)22-10-14/h1-4,7,10,18,21H,5-6,8,11H2/t18-/m0/s1. The zero-order chi connectivity index (χ0) is 16.9. The average Bonchev–Trinajstić information content (AvgIpc) is 2.64. The molecule has 0 amide bonds. The van der Waals surface area contributed by atoms with Gasteiger partial charge in [-0.1, -0.05) is 23.7 Å². The number of Topliss-reactive ketones (excluding diaryl/α,β-unsaturated/α-hetero) is 1. The average molecular weight is 342 g/mol. The minimum Gasteiger partial charge on any atom is -0.371 e. The normalized spacial score (nSPS) is 17.2. The van der Waals surface area contributed by atoms with Gasteiger partial charge in [-0.2, -0.15) is 5.26 Å². The summed E-state index contributed by atoms with van der Waals surface area (Å²) >= 11 is 6.34. The van der Waals surface area contributed by atoms with E-state index >= 15 is 0 Å². The minimum absolute atomic E-state index is 0.0104. The van der Waals surface area contributed by atoms with Gasteiger partial charge in [0, 0.05) is 36.3 Å². The molecule has 0 saturated carbocycles. The van der Waals surface area contributed by atoms with E-state index in [4.69, 9.17) is 21.6 Å². The van der Waals surface area contributed by atoms with Crippen LogP contribution in [0.4, 0.5) is 0 Å². The van der Waals surface area contributed by atoms with Gasteiger partial charge in [-0.05, 0) is 29.3 Å². The highest BCUT2D eigenvalue weighted by Gasteiger charge is 2.17. The lowest BCUT2D eigenvalue weighted by atomic mass is 10.0. The van der Waals surface area contributed by atoms with Crippen molar-refractivity contribution in [3.05, 3.63) is 63.9 Å². The summed E-state index contributed by atoms with van der Waals surface area (Å²) in [5.41, 5.74) is 2.52. The number of hydrogen-bond acceptors (Lipinski definition) is 5. The van der Waals surface area contributed by atoms with Crippen LogP contribution >= 0.6 is 11.6 Å². The van der Waals surface area contributed by atoms with Crippen LogP contribution in [0.1, 0.15) is 33.3 Å². The highest BCUT2D eigenvalue weighted by atomic mass is 35.5. The third-order valence-electron chi connectivity index (χ3n) is 3.93. The Labute approximate surface area is 145 Å². The molecule has 1 aliphatic heterocycles. The summed E-state index contributed by atoms with van der Waals surface area (Å²) in [7, 11) is 0. The molecule has 2 heterocycles. The summed E-state index contributed by atoms with van der Waals surface area (Å²) < 4.78 is 5.71. The molecule has 1 aliphatic rings. The van der Waals surface area contributed by atoms with Crippen molar-refractivity contribution < 1.29 is 9.53 Å². The maximum atomic E-state index is 12.3. The number of halogens is 1. The first-order chi connectivity index (χ1) is 11.7. The Morgan fingerprint density at radius 1 is 1.42 bits per heavy atom. The molecule has 0 radical (unpaired) electrons. The van der Waals surface area contributed by atoms with Crippen molar-refractivity contribution in [1.82, 2.24) is 10.3 Å². The molecular formula is C18H16ClN3O2. The van der Waals surface area contributed by atoms with Crippen LogP contribution < -0.4 is 5.32 Å². The maximum Gasteiger partial charge on any atom is 0.168 e. The Morgan fingerprint density at radius 2 is 2.29 bits per heavy atom. The number of carbonyl (C=O) groups is 1. The molecule has 2 aromatic rings. The highest BCUT2D eigenvalue weighted by Crippen LogP contribution is 2.25. The number of aromatic nitrogens is 1. The van der Waals surface area contributed by atoms with Crippen molar-refractivity contribution in [2.75, 3.05) is 19.7 Å². The van der Waals surface area contributed by atoms with E-state index in [1.807, 2.05) is 24.3 Å². The molecule has 1 fully saturated rings. The molecule has 1 aromatic heterocycles. The second kappa shape index (κ2) is 7.54. The van der Waals surface area contributed by atoms with Crippen molar-refractivity contribution in [2.45, 2.75) is 12.5 Å². The number of ether oxygens (including phenoxy) is 1. The predicted octanol–water partition coefficient (Wildman–Crippen LogP) is 2.69. The van der Waals surface area contributed by atoms with Gasteiger partial charge in [-0.3, -0.25) is 4.79 Å². The first-order valence-electron chi connectivity index (χ1n) is 7.67. The van der Waals surface area contributed by atoms with Crippen LogP contribution in [0.5, 0.6) is 0 Å². The van der Waals surface area contributed by atoms with Crippen LogP contribution in [-0.2, 0) is 11.2 Å². The number of ketones is 1. The van der Waals surface area contributed by atoms with Crippen molar-refractivity contribution in [3.63, 3.8) is 0 Å². The number of rotatable bonds is 4. The van der Waals surface area contributed by atoms with Crippen LogP contribution in [-0.4, -0.2) is 30.5 Å². The number of nitrogens with one attached hydrogen (secondary N) is 1. The van der Waals surface area contributed by atoms with E-state index in [0.29, 0.717) is 17.2 Å². The summed E-state index contributed by atoms with van der Waals surface area (Å²) in [6.45, 7) is 2.29. The van der Waals surface area contributed by atoms with Crippen LogP contribution in [0.15, 0.2) is 36.5 Å². The van der Waals surface area contributed by atoms with Crippen molar-refractivity contribution >= 4 is 17.4 Å². The van der Waals surface area contributed by atoms with Crippen LogP contribution in [0.25, 0.3) is 0 Å². The molecule has 0 unspecified atom stereocenters. The van der Waals surface area contributed by atoms with Crippen LogP contribution in [0.2, 0.25) is 5.02 Å². The summed E-state index contributed by atoms with van der Waals surface area (Å²) in [5.74, 6) is -0.0859. The van der Waals surface area contributed by atoms with Gasteiger partial charge < -0.3 is 10.1 Å². The van der Waals surface area contributed by atoms with E-state index in [1.165, 1.54) is 12.3 Å². The Bertz CT molecular complexity index is 778. The fourth-order valence-electron chi connectivity index (χ4n) is 2.59. The van der Waals surface area contributed by atoms with E-state index in [9.17, 15) is 4.79 Å². The minimum atomic E-state index is -0.0859. The van der Waals surface area contributed by atoms with Gasteiger partial charge in [-0.15, -0.1) is 0 Å². The highest BCUT2D eigenvalue weighted by molar-refractivity contribution is 6.31. The molecule has 24 heavy (non-hydrogen) atoms. The van der Waals surface area contributed by atoms with E-state index in [2.05, 4.69) is 10.3 Å². The van der Waals surface area contributed by atoms with Gasteiger partial charge in [0.15, 0.2) is 5.78 Å². The molecule has 0 spiro atoms. The van der Waals surface area contributed by atoms with E-state index in [1.54, 1.807) is 6.07 Å². The van der Waals surface area contributed by atoms with E-state index in [-0.39, 0.29) is 24.0 Å². The molecule has 122 valence electrons. The summed E-state index contributed by atoms with van der Waals surface area (Å²) in [4.78, 5) is 16.3. The third kappa shape index (κ3) is 3.80. The maximum absolute atomic E-state index is 12.3. The Hall–Kier alpha value is -2.26. The fraction of sp³-hybridized carbons (Fsp3) is 0.278. The SMILES string of the molecule is N#Cc1ccc(C(=O)Cc2ccc([C@@H]3CNCCO3)cc2Cl)cn1. The van der Waals surface area contributed by atoms with Gasteiger partial charge in [0.25, 0.3) is 0 Å². The number of nitriles is 1. The zero-order valence-corrected chi connectivity index (χ0v) is 13.7. The molecule has 1 atom stereocenters. The second-order valence-corrected chi connectivity index (χ2v) is 5.97. The Kier molecular flexibility index (Phi) is 5.21. The van der Waals surface area contributed by atoms with Gasteiger partial charge in [0.05, 0.1) is 12.7 Å². The van der Waals surface area contributed by atoms with Gasteiger partial charge >= 0.3 is 0 Å². The summed E-state index contributed by atoms with van der Waals surface area (Å²) in [6.07, 6.45) is 1.60. The largest absolute Gasteiger partial charge is 0.371 e. The molecular weight excluding hydrogens is 326 g/mol. The third-order valence-corrected chi connectivity index (χ3v) is 4.28. The monoisotopic (exact) mass is 341 g/mol. The molecule has 5 nitrogen and oxygen atoms in total. The van der Waals surface area contributed by atoms with Crippen molar-refractivity contribution in [3.8, 4) is 6.07 Å². The number of carbonyl (C=O) groups excluding carboxylic acids is 1. The van der Waals surface area contributed by atoms with Crippen LogP contribution in [0.3, 0.4) is 0 Å². The van der Waals surface area contributed by atoms with E-state index in [0.717, 1.165) is 24.2 Å². The van der Waals surface area contributed by atoms with Gasteiger partial charge in [0.1, 0.15) is 11.8 Å². The number of morpholine rings is 1. The molecule has 3 rings (SSSR count). The first-order valence-corrected chi connectivity index (χ1v) is 8.05. The lowest BCUT2D eigenvalue weighted by molar-refractivity contribution is 0.0277. The molecule has 6 heteroatoms. The summed E-state index contributed by atoms with van der Waals surface area (Å²) in [5, 5.41) is 12.6. The summed E-state index contributed by atoms with van der Waals surface area (Å²) in [6, 6.07) is 10.7. The molecule has 1 saturated heterocycles. The number of benzene rings is 1. The lowest BCUT2D eigenvalue weighted by Crippen LogP contribution is -2.33. The van der Waals surface area contributed by atoms with Gasteiger partial charge in [-0.25, -0.2) is 4.98 Å². The van der Waals surface area contributed by atoms with Gasteiger partial charge in [0.2, 0.25) is 0 Å².